The van der Waals surface area contributed by atoms with E-state index in [0.717, 1.165) is 32.1 Å². The van der Waals surface area contributed by atoms with Crippen LogP contribution in [-0.2, 0) is 11.2 Å². The minimum atomic E-state index is -0.593. The van der Waals surface area contributed by atoms with Gasteiger partial charge in [0.1, 0.15) is 0 Å². The average Bonchev–Trinajstić information content (AvgIpc) is 2.81. The smallest absolute Gasteiger partial charge is 0.310 e. The number of carboxylic acid groups (broad SMARTS) is 1. The molecule has 0 radical (unpaired) electrons. The molecule has 0 bridgehead atoms. The summed E-state index contributed by atoms with van der Waals surface area (Å²) in [6.07, 6.45) is 5.80. The molecule has 1 aliphatic carbocycles. The predicted octanol–water partition coefficient (Wildman–Crippen LogP) is 3.96. The van der Waals surface area contributed by atoms with E-state index in [2.05, 4.69) is 13.0 Å². The van der Waals surface area contributed by atoms with Crippen LogP contribution in [-0.4, -0.2) is 11.1 Å². The van der Waals surface area contributed by atoms with Crippen molar-refractivity contribution < 1.29 is 9.90 Å². The van der Waals surface area contributed by atoms with Crippen molar-refractivity contribution in [2.45, 2.75) is 45.4 Å². The highest BCUT2D eigenvalue weighted by atomic mass is 32.1. The summed E-state index contributed by atoms with van der Waals surface area (Å²) < 4.78 is 0. The van der Waals surface area contributed by atoms with E-state index in [1.807, 2.05) is 11.4 Å². The van der Waals surface area contributed by atoms with Crippen molar-refractivity contribution >= 4 is 17.3 Å². The maximum atomic E-state index is 11.7. The van der Waals surface area contributed by atoms with Gasteiger partial charge in [-0.1, -0.05) is 32.3 Å². The molecule has 1 N–H and O–H groups in total. The molecule has 2 nitrogen and oxygen atoms in total. The number of thiophene rings is 1. The van der Waals surface area contributed by atoms with Crippen LogP contribution in [0.15, 0.2) is 17.5 Å². The predicted molar refractivity (Wildman–Crippen MR) is 70.3 cm³/mol. The van der Waals surface area contributed by atoms with Gasteiger partial charge in [0.05, 0.1) is 5.41 Å². The van der Waals surface area contributed by atoms with Crippen molar-refractivity contribution in [1.29, 1.82) is 0 Å². The molecule has 2 rings (SSSR count). The maximum absolute atomic E-state index is 11.7. The minimum absolute atomic E-state index is 0.496. The molecule has 1 aromatic rings. The zero-order chi connectivity index (χ0) is 12.3. The molecule has 1 aromatic heterocycles. The summed E-state index contributed by atoms with van der Waals surface area (Å²) in [6, 6.07) is 4.07. The highest BCUT2D eigenvalue weighted by Gasteiger charge is 2.42. The Hall–Kier alpha value is -0.830. The fourth-order valence-electron chi connectivity index (χ4n) is 3.01. The fourth-order valence-corrected chi connectivity index (χ4v) is 3.86. The number of hydrogen-bond acceptors (Lipinski definition) is 2. The van der Waals surface area contributed by atoms with Crippen LogP contribution < -0.4 is 0 Å². The van der Waals surface area contributed by atoms with E-state index in [-0.39, 0.29) is 0 Å². The largest absolute Gasteiger partial charge is 0.481 e. The molecule has 1 fully saturated rings. The normalized spacial score (nSPS) is 29.1. The van der Waals surface area contributed by atoms with Gasteiger partial charge in [-0.15, -0.1) is 11.3 Å². The molecule has 0 saturated heterocycles. The highest BCUT2D eigenvalue weighted by Crippen LogP contribution is 2.43. The molecular formula is C14H20O2S. The third kappa shape index (κ3) is 2.71. The average molecular weight is 252 g/mol. The van der Waals surface area contributed by atoms with Gasteiger partial charge in [-0.05, 0) is 36.6 Å². The first-order chi connectivity index (χ1) is 8.16. The molecule has 0 spiro atoms. The second-order valence-corrected chi connectivity index (χ2v) is 6.24. The van der Waals surface area contributed by atoms with E-state index in [0.29, 0.717) is 5.92 Å². The van der Waals surface area contributed by atoms with E-state index >= 15 is 0 Å². The second kappa shape index (κ2) is 5.21. The standard InChI is InChI=1S/C14H20O2S/c1-2-11-5-3-7-14(9-11,13(15)16)10-12-6-4-8-17-12/h4,6,8,11H,2-3,5,7,9-10H2,1H3,(H,15,16). The molecule has 0 aliphatic heterocycles. The van der Waals surface area contributed by atoms with Gasteiger partial charge in [0.25, 0.3) is 0 Å². The molecule has 0 aromatic carbocycles. The Balaban J connectivity index is 2.17. The SMILES string of the molecule is CCC1CCCC(Cc2cccs2)(C(=O)O)C1. The first-order valence-corrected chi connectivity index (χ1v) is 7.30. The van der Waals surface area contributed by atoms with Crippen LogP contribution in [0.4, 0.5) is 0 Å². The Morgan fingerprint density at radius 3 is 3.06 bits per heavy atom. The Kier molecular flexibility index (Phi) is 3.87. The van der Waals surface area contributed by atoms with E-state index < -0.39 is 11.4 Å². The van der Waals surface area contributed by atoms with Gasteiger partial charge in [-0.2, -0.15) is 0 Å². The van der Waals surface area contributed by atoms with E-state index in [1.165, 1.54) is 11.3 Å². The van der Waals surface area contributed by atoms with Gasteiger partial charge in [0, 0.05) is 4.88 Å². The lowest BCUT2D eigenvalue weighted by Crippen LogP contribution is -2.38. The lowest BCUT2D eigenvalue weighted by Gasteiger charge is -2.37. The molecule has 17 heavy (non-hydrogen) atoms. The van der Waals surface area contributed by atoms with Gasteiger partial charge in [-0.25, -0.2) is 0 Å². The zero-order valence-corrected chi connectivity index (χ0v) is 11.1. The van der Waals surface area contributed by atoms with E-state index in [4.69, 9.17) is 0 Å². The summed E-state index contributed by atoms with van der Waals surface area (Å²) >= 11 is 1.68. The highest BCUT2D eigenvalue weighted by molar-refractivity contribution is 7.09. The number of hydrogen-bond donors (Lipinski definition) is 1. The van der Waals surface area contributed by atoms with E-state index in [9.17, 15) is 9.90 Å². The van der Waals surface area contributed by atoms with Gasteiger partial charge < -0.3 is 5.11 Å². The minimum Gasteiger partial charge on any atom is -0.481 e. The molecule has 1 heterocycles. The van der Waals surface area contributed by atoms with Crippen LogP contribution in [0.1, 0.15) is 43.9 Å². The first kappa shape index (κ1) is 12.6. The second-order valence-electron chi connectivity index (χ2n) is 5.21. The van der Waals surface area contributed by atoms with Crippen molar-refractivity contribution in [2.24, 2.45) is 11.3 Å². The first-order valence-electron chi connectivity index (χ1n) is 6.42. The van der Waals surface area contributed by atoms with Crippen LogP contribution in [0, 0.1) is 11.3 Å². The van der Waals surface area contributed by atoms with Crippen LogP contribution in [0.3, 0.4) is 0 Å². The summed E-state index contributed by atoms with van der Waals surface area (Å²) in [5, 5.41) is 11.6. The Bertz CT molecular complexity index is 372. The summed E-state index contributed by atoms with van der Waals surface area (Å²) in [7, 11) is 0. The number of aliphatic carboxylic acids is 1. The summed E-state index contributed by atoms with van der Waals surface area (Å²) in [6.45, 7) is 2.17. The molecular weight excluding hydrogens is 232 g/mol. The number of carbonyl (C=O) groups is 1. The van der Waals surface area contributed by atoms with Gasteiger partial charge in [0.2, 0.25) is 0 Å². The molecule has 2 unspecified atom stereocenters. The van der Waals surface area contributed by atoms with Crippen LogP contribution in [0.5, 0.6) is 0 Å². The van der Waals surface area contributed by atoms with Crippen molar-refractivity contribution in [1.82, 2.24) is 0 Å². The molecule has 2 atom stereocenters. The fraction of sp³-hybridized carbons (Fsp3) is 0.643. The number of rotatable bonds is 4. The van der Waals surface area contributed by atoms with Crippen molar-refractivity contribution in [3.8, 4) is 0 Å². The van der Waals surface area contributed by atoms with Crippen LogP contribution in [0.2, 0.25) is 0 Å². The van der Waals surface area contributed by atoms with E-state index in [1.54, 1.807) is 11.3 Å². The number of carboxylic acids is 1. The van der Waals surface area contributed by atoms with Crippen LogP contribution >= 0.6 is 11.3 Å². The lowest BCUT2D eigenvalue weighted by molar-refractivity contribution is -0.152. The third-order valence-corrected chi connectivity index (χ3v) is 4.95. The topological polar surface area (TPSA) is 37.3 Å². The molecule has 1 saturated carbocycles. The van der Waals surface area contributed by atoms with Crippen molar-refractivity contribution in [2.75, 3.05) is 0 Å². The van der Waals surface area contributed by atoms with Gasteiger partial charge in [0.15, 0.2) is 0 Å². The van der Waals surface area contributed by atoms with Crippen molar-refractivity contribution in [3.63, 3.8) is 0 Å². The molecule has 94 valence electrons. The third-order valence-electron chi connectivity index (χ3n) is 4.07. The molecule has 1 aliphatic rings. The molecule has 0 amide bonds. The Labute approximate surface area is 107 Å². The van der Waals surface area contributed by atoms with Crippen molar-refractivity contribution in [3.05, 3.63) is 22.4 Å². The summed E-state index contributed by atoms with van der Waals surface area (Å²) in [5.74, 6) is 0.00358. The van der Waals surface area contributed by atoms with Gasteiger partial charge >= 0.3 is 5.97 Å². The lowest BCUT2D eigenvalue weighted by atomic mass is 9.67. The maximum Gasteiger partial charge on any atom is 0.310 e. The Morgan fingerprint density at radius 2 is 2.47 bits per heavy atom. The quantitative estimate of drug-likeness (QED) is 0.880. The molecule has 3 heteroatoms. The zero-order valence-electron chi connectivity index (χ0n) is 10.3. The monoisotopic (exact) mass is 252 g/mol. The summed E-state index contributed by atoms with van der Waals surface area (Å²) in [5.41, 5.74) is -0.496. The summed E-state index contributed by atoms with van der Waals surface area (Å²) in [4.78, 5) is 12.9. The van der Waals surface area contributed by atoms with Crippen LogP contribution in [0.25, 0.3) is 0 Å². The Morgan fingerprint density at radius 1 is 1.65 bits per heavy atom. The van der Waals surface area contributed by atoms with Gasteiger partial charge in [-0.3, -0.25) is 4.79 Å².